The molecule has 0 radical (unpaired) electrons. The fourth-order valence-electron chi connectivity index (χ4n) is 2.58. The molecule has 2 atom stereocenters. The molecular weight excluding hydrogens is 196 g/mol. The van der Waals surface area contributed by atoms with Gasteiger partial charge in [0.05, 0.1) is 6.61 Å². The fourth-order valence-corrected chi connectivity index (χ4v) is 2.58. The summed E-state index contributed by atoms with van der Waals surface area (Å²) < 4.78 is 5.12. The molecule has 2 unspecified atom stereocenters. The summed E-state index contributed by atoms with van der Waals surface area (Å²) >= 11 is 0. The first-order chi connectivity index (χ1) is 7.14. The highest BCUT2D eigenvalue weighted by Gasteiger charge is 2.52. The molecule has 1 saturated heterocycles. The summed E-state index contributed by atoms with van der Waals surface area (Å²) in [7, 11) is 0. The zero-order valence-electron chi connectivity index (χ0n) is 8.82. The molecular formula is C11H18O4. The number of ether oxygens (including phenoxy) is 1. The molecule has 2 aliphatic rings. The largest absolute Gasteiger partial charge is 0.383 e. The van der Waals surface area contributed by atoms with Gasteiger partial charge in [0, 0.05) is 5.92 Å². The van der Waals surface area contributed by atoms with Gasteiger partial charge in [0.2, 0.25) is 11.6 Å². The monoisotopic (exact) mass is 214 g/mol. The molecule has 0 aromatic rings. The number of hydrogen-bond donors (Lipinski definition) is 2. The molecule has 4 heteroatoms. The van der Waals surface area contributed by atoms with E-state index in [1.165, 1.54) is 0 Å². The van der Waals surface area contributed by atoms with E-state index in [0.717, 1.165) is 38.5 Å². The van der Waals surface area contributed by atoms with E-state index in [9.17, 15) is 15.0 Å². The average molecular weight is 214 g/mol. The van der Waals surface area contributed by atoms with Crippen molar-refractivity contribution in [1.82, 2.24) is 0 Å². The van der Waals surface area contributed by atoms with Gasteiger partial charge in [-0.15, -0.1) is 0 Å². The van der Waals surface area contributed by atoms with Crippen molar-refractivity contribution < 1.29 is 19.7 Å². The maximum Gasteiger partial charge on any atom is 0.232 e. The quantitative estimate of drug-likeness (QED) is 0.627. The van der Waals surface area contributed by atoms with E-state index < -0.39 is 17.7 Å². The molecule has 0 spiro atoms. The van der Waals surface area contributed by atoms with E-state index in [4.69, 9.17) is 4.74 Å². The topological polar surface area (TPSA) is 66.8 Å². The summed E-state index contributed by atoms with van der Waals surface area (Å²) in [5.74, 6) is -2.39. The number of ketones is 1. The SMILES string of the molecule is O=C1C(O)COC1(O)C1CCCCCC1. The zero-order valence-corrected chi connectivity index (χ0v) is 8.82. The zero-order chi connectivity index (χ0) is 10.9. The summed E-state index contributed by atoms with van der Waals surface area (Å²) in [4.78, 5) is 11.6. The fraction of sp³-hybridized carbons (Fsp3) is 0.909. The Kier molecular flexibility index (Phi) is 3.09. The van der Waals surface area contributed by atoms with E-state index in [1.54, 1.807) is 0 Å². The van der Waals surface area contributed by atoms with Crippen LogP contribution in [0.3, 0.4) is 0 Å². The third-order valence-electron chi connectivity index (χ3n) is 3.53. The average Bonchev–Trinajstić information content (AvgIpc) is 2.53. The Balaban J connectivity index is 2.10. The van der Waals surface area contributed by atoms with E-state index in [-0.39, 0.29) is 12.5 Å². The second-order valence-electron chi connectivity index (χ2n) is 4.58. The number of carbonyl (C=O) groups is 1. The van der Waals surface area contributed by atoms with Crippen LogP contribution in [0.4, 0.5) is 0 Å². The van der Waals surface area contributed by atoms with Crippen LogP contribution in [-0.4, -0.2) is 34.5 Å². The molecule has 1 aliphatic heterocycles. The van der Waals surface area contributed by atoms with Crippen LogP contribution < -0.4 is 0 Å². The molecule has 2 N–H and O–H groups in total. The molecule has 0 aromatic heterocycles. The number of Topliss-reactive ketones (excluding diaryl/α,β-unsaturated/α-hetero) is 1. The standard InChI is InChI=1S/C11H18O4/c12-9-7-15-11(14,10(9)13)8-5-3-1-2-4-6-8/h8-9,12,14H,1-7H2. The van der Waals surface area contributed by atoms with Gasteiger partial charge in [0.25, 0.3) is 0 Å². The summed E-state index contributed by atoms with van der Waals surface area (Å²) in [5.41, 5.74) is 0. The Labute approximate surface area is 89.2 Å². The molecule has 0 amide bonds. The van der Waals surface area contributed by atoms with Crippen molar-refractivity contribution in [1.29, 1.82) is 0 Å². The van der Waals surface area contributed by atoms with Gasteiger partial charge in [-0.2, -0.15) is 0 Å². The summed E-state index contributed by atoms with van der Waals surface area (Å²) in [6.45, 7) is -0.0637. The Morgan fingerprint density at radius 1 is 1.20 bits per heavy atom. The number of carbonyl (C=O) groups excluding carboxylic acids is 1. The normalized spacial score (nSPS) is 39.3. The molecule has 2 rings (SSSR count). The van der Waals surface area contributed by atoms with Crippen molar-refractivity contribution >= 4 is 5.78 Å². The first-order valence-electron chi connectivity index (χ1n) is 5.73. The molecule has 15 heavy (non-hydrogen) atoms. The first kappa shape index (κ1) is 11.0. The Morgan fingerprint density at radius 3 is 2.27 bits per heavy atom. The predicted molar refractivity (Wildman–Crippen MR) is 53.1 cm³/mol. The van der Waals surface area contributed by atoms with Crippen molar-refractivity contribution in [3.63, 3.8) is 0 Å². The van der Waals surface area contributed by atoms with Gasteiger partial charge in [-0.3, -0.25) is 4.79 Å². The molecule has 0 aromatic carbocycles. The molecule has 86 valence electrons. The maximum absolute atomic E-state index is 11.6. The van der Waals surface area contributed by atoms with Crippen LogP contribution >= 0.6 is 0 Å². The second kappa shape index (κ2) is 4.20. The molecule has 0 bridgehead atoms. The lowest BCUT2D eigenvalue weighted by atomic mass is 9.88. The summed E-state index contributed by atoms with van der Waals surface area (Å²) in [5, 5.41) is 19.4. The third-order valence-corrected chi connectivity index (χ3v) is 3.53. The highest BCUT2D eigenvalue weighted by molar-refractivity contribution is 5.91. The van der Waals surface area contributed by atoms with Crippen LogP contribution in [0.5, 0.6) is 0 Å². The minimum atomic E-state index is -1.70. The molecule has 1 aliphatic carbocycles. The number of aliphatic hydroxyl groups is 2. The smallest absolute Gasteiger partial charge is 0.232 e. The number of hydrogen-bond acceptors (Lipinski definition) is 4. The molecule has 4 nitrogen and oxygen atoms in total. The van der Waals surface area contributed by atoms with Crippen molar-refractivity contribution in [2.45, 2.75) is 50.4 Å². The minimum absolute atomic E-state index is 0.0637. The lowest BCUT2D eigenvalue weighted by Crippen LogP contribution is -2.45. The lowest BCUT2D eigenvalue weighted by Gasteiger charge is -2.29. The van der Waals surface area contributed by atoms with E-state index in [2.05, 4.69) is 0 Å². The van der Waals surface area contributed by atoms with Gasteiger partial charge in [-0.25, -0.2) is 0 Å². The molecule has 2 fully saturated rings. The van der Waals surface area contributed by atoms with E-state index in [0.29, 0.717) is 0 Å². The Morgan fingerprint density at radius 2 is 1.80 bits per heavy atom. The number of rotatable bonds is 1. The van der Waals surface area contributed by atoms with E-state index >= 15 is 0 Å². The van der Waals surface area contributed by atoms with Gasteiger partial charge in [0.15, 0.2) is 0 Å². The van der Waals surface area contributed by atoms with Crippen molar-refractivity contribution in [3.8, 4) is 0 Å². The van der Waals surface area contributed by atoms with Crippen LogP contribution in [0.1, 0.15) is 38.5 Å². The first-order valence-corrected chi connectivity index (χ1v) is 5.73. The van der Waals surface area contributed by atoms with Gasteiger partial charge < -0.3 is 14.9 Å². The van der Waals surface area contributed by atoms with Crippen molar-refractivity contribution in [2.24, 2.45) is 5.92 Å². The summed E-state index contributed by atoms with van der Waals surface area (Å²) in [6, 6.07) is 0. The Bertz CT molecular complexity index is 245. The predicted octanol–water partition coefficient (Wildman–Crippen LogP) is 0.606. The highest BCUT2D eigenvalue weighted by atomic mass is 16.6. The highest BCUT2D eigenvalue weighted by Crippen LogP contribution is 2.36. The lowest BCUT2D eigenvalue weighted by molar-refractivity contribution is -0.207. The summed E-state index contributed by atoms with van der Waals surface area (Å²) in [6.07, 6.45) is 4.86. The van der Waals surface area contributed by atoms with Crippen molar-refractivity contribution in [2.75, 3.05) is 6.61 Å². The molecule has 1 heterocycles. The number of aliphatic hydroxyl groups excluding tert-OH is 1. The van der Waals surface area contributed by atoms with E-state index in [1.807, 2.05) is 0 Å². The van der Waals surface area contributed by atoms with Gasteiger partial charge >= 0.3 is 0 Å². The van der Waals surface area contributed by atoms with Gasteiger partial charge in [0.1, 0.15) is 6.10 Å². The maximum atomic E-state index is 11.6. The van der Waals surface area contributed by atoms with Gasteiger partial charge in [-0.1, -0.05) is 25.7 Å². The molecule has 1 saturated carbocycles. The van der Waals surface area contributed by atoms with Gasteiger partial charge in [-0.05, 0) is 12.8 Å². The van der Waals surface area contributed by atoms with Crippen molar-refractivity contribution in [3.05, 3.63) is 0 Å². The third kappa shape index (κ3) is 1.94. The van der Waals surface area contributed by atoms with Crippen LogP contribution in [0.2, 0.25) is 0 Å². The second-order valence-corrected chi connectivity index (χ2v) is 4.58. The van der Waals surface area contributed by atoms with Crippen LogP contribution in [0, 0.1) is 5.92 Å². The minimum Gasteiger partial charge on any atom is -0.383 e. The van der Waals surface area contributed by atoms with Crippen LogP contribution in [0.25, 0.3) is 0 Å². The Hall–Kier alpha value is -0.450. The van der Waals surface area contributed by atoms with Crippen LogP contribution in [0.15, 0.2) is 0 Å². The van der Waals surface area contributed by atoms with Crippen LogP contribution in [-0.2, 0) is 9.53 Å².